The van der Waals surface area contributed by atoms with E-state index in [4.69, 9.17) is 0 Å². The summed E-state index contributed by atoms with van der Waals surface area (Å²) in [7, 11) is 2.21. The zero-order valence-corrected chi connectivity index (χ0v) is 15.0. The number of anilines is 1. The van der Waals surface area contributed by atoms with Crippen molar-refractivity contribution in [2.24, 2.45) is 0 Å². The first-order valence-electron chi connectivity index (χ1n) is 9.34. The van der Waals surface area contributed by atoms with E-state index in [0.29, 0.717) is 12.1 Å². The molecule has 134 valence electrons. The first kappa shape index (κ1) is 15.7. The number of fused-ring (bicyclic) bond motifs is 1. The van der Waals surface area contributed by atoms with Crippen LogP contribution in [-0.2, 0) is 6.54 Å². The van der Waals surface area contributed by atoms with Gasteiger partial charge in [-0.3, -0.25) is 4.90 Å². The minimum Gasteiger partial charge on any atom is -0.353 e. The van der Waals surface area contributed by atoms with Gasteiger partial charge in [0.15, 0.2) is 17.0 Å². The highest BCUT2D eigenvalue weighted by molar-refractivity contribution is 5.82. The van der Waals surface area contributed by atoms with Crippen molar-refractivity contribution >= 4 is 17.0 Å². The minimum atomic E-state index is 0.478. The Kier molecular flexibility index (Phi) is 3.81. The average molecular weight is 349 g/mol. The van der Waals surface area contributed by atoms with Gasteiger partial charge in [-0.05, 0) is 31.9 Å². The Morgan fingerprint density at radius 3 is 2.77 bits per heavy atom. The lowest BCUT2D eigenvalue weighted by atomic mass is 10.1. The SMILES string of the molecule is CN(Cc1ccccc1)C1CCN(c2ncnc3c2nnn3C2CC2)C1. The Balaban J connectivity index is 1.33. The van der Waals surface area contributed by atoms with Gasteiger partial charge in [0.25, 0.3) is 0 Å². The van der Waals surface area contributed by atoms with E-state index in [2.05, 4.69) is 67.5 Å². The number of hydrogen-bond donors (Lipinski definition) is 0. The second kappa shape index (κ2) is 6.32. The largest absolute Gasteiger partial charge is 0.353 e. The molecule has 5 rings (SSSR count). The molecule has 1 atom stereocenters. The molecule has 3 aromatic rings. The van der Waals surface area contributed by atoms with Crippen molar-refractivity contribution in [2.45, 2.75) is 37.9 Å². The number of aromatic nitrogens is 5. The molecule has 0 spiro atoms. The van der Waals surface area contributed by atoms with E-state index in [1.807, 2.05) is 4.68 Å². The molecule has 0 bridgehead atoms. The number of benzene rings is 1. The first-order chi connectivity index (χ1) is 12.8. The third kappa shape index (κ3) is 2.82. The van der Waals surface area contributed by atoms with Gasteiger partial charge in [-0.25, -0.2) is 14.6 Å². The summed E-state index contributed by atoms with van der Waals surface area (Å²) in [4.78, 5) is 13.7. The average Bonchev–Trinajstić information content (AvgIpc) is 3.22. The van der Waals surface area contributed by atoms with Crippen molar-refractivity contribution in [1.29, 1.82) is 0 Å². The van der Waals surface area contributed by atoms with Crippen molar-refractivity contribution in [3.05, 3.63) is 42.2 Å². The second-order valence-corrected chi connectivity index (χ2v) is 7.42. The van der Waals surface area contributed by atoms with E-state index in [9.17, 15) is 0 Å². The lowest BCUT2D eigenvalue weighted by Crippen LogP contribution is -2.34. The van der Waals surface area contributed by atoms with Gasteiger partial charge in [0.1, 0.15) is 6.33 Å². The Hall–Kier alpha value is -2.54. The lowest BCUT2D eigenvalue weighted by molar-refractivity contribution is 0.250. The van der Waals surface area contributed by atoms with Crippen molar-refractivity contribution < 1.29 is 0 Å². The maximum atomic E-state index is 4.54. The molecule has 0 N–H and O–H groups in total. The molecule has 2 aromatic heterocycles. The smallest absolute Gasteiger partial charge is 0.184 e. The van der Waals surface area contributed by atoms with Gasteiger partial charge in [0, 0.05) is 25.7 Å². The van der Waals surface area contributed by atoms with Gasteiger partial charge in [-0.2, -0.15) is 0 Å². The van der Waals surface area contributed by atoms with Crippen LogP contribution in [0.2, 0.25) is 0 Å². The predicted molar refractivity (Wildman–Crippen MR) is 99.9 cm³/mol. The van der Waals surface area contributed by atoms with Gasteiger partial charge in [0.2, 0.25) is 0 Å². The lowest BCUT2D eigenvalue weighted by Gasteiger charge is -2.25. The van der Waals surface area contributed by atoms with Crippen molar-refractivity contribution in [3.8, 4) is 0 Å². The molecule has 2 fully saturated rings. The zero-order chi connectivity index (χ0) is 17.5. The first-order valence-corrected chi connectivity index (χ1v) is 9.34. The highest BCUT2D eigenvalue weighted by Crippen LogP contribution is 2.36. The van der Waals surface area contributed by atoms with Crippen LogP contribution in [0.5, 0.6) is 0 Å². The van der Waals surface area contributed by atoms with E-state index >= 15 is 0 Å². The van der Waals surface area contributed by atoms with Crippen LogP contribution in [0.1, 0.15) is 30.9 Å². The van der Waals surface area contributed by atoms with Gasteiger partial charge < -0.3 is 4.90 Å². The Morgan fingerprint density at radius 2 is 1.96 bits per heavy atom. The van der Waals surface area contributed by atoms with E-state index in [1.54, 1.807) is 6.33 Å². The van der Waals surface area contributed by atoms with Crippen LogP contribution < -0.4 is 4.90 Å². The fourth-order valence-corrected chi connectivity index (χ4v) is 3.84. The maximum Gasteiger partial charge on any atom is 0.184 e. The van der Waals surface area contributed by atoms with Crippen LogP contribution in [0.25, 0.3) is 11.2 Å². The van der Waals surface area contributed by atoms with Crippen LogP contribution in [0.15, 0.2) is 36.7 Å². The van der Waals surface area contributed by atoms with E-state index in [-0.39, 0.29) is 0 Å². The molecule has 7 heteroatoms. The Bertz CT molecular complexity index is 903. The molecule has 1 saturated carbocycles. The molecule has 0 amide bonds. The highest BCUT2D eigenvalue weighted by Gasteiger charge is 2.31. The summed E-state index contributed by atoms with van der Waals surface area (Å²) in [5.74, 6) is 0.928. The van der Waals surface area contributed by atoms with E-state index < -0.39 is 0 Å². The molecular formula is C19H23N7. The summed E-state index contributed by atoms with van der Waals surface area (Å²) in [6.07, 6.45) is 5.13. The second-order valence-electron chi connectivity index (χ2n) is 7.42. The molecule has 2 aliphatic rings. The van der Waals surface area contributed by atoms with Crippen LogP contribution >= 0.6 is 0 Å². The molecule has 1 saturated heterocycles. The molecule has 7 nitrogen and oxygen atoms in total. The normalized spacial score (nSPS) is 20.4. The summed E-state index contributed by atoms with van der Waals surface area (Å²) >= 11 is 0. The fraction of sp³-hybridized carbons (Fsp3) is 0.474. The van der Waals surface area contributed by atoms with Gasteiger partial charge >= 0.3 is 0 Å². The van der Waals surface area contributed by atoms with Crippen molar-refractivity contribution in [2.75, 3.05) is 25.0 Å². The number of hydrogen-bond acceptors (Lipinski definition) is 6. The molecule has 0 radical (unpaired) electrons. The summed E-state index contributed by atoms with van der Waals surface area (Å²) in [5, 5.41) is 8.72. The Labute approximate surface area is 152 Å². The van der Waals surface area contributed by atoms with E-state index in [1.165, 1.54) is 18.4 Å². The van der Waals surface area contributed by atoms with Crippen LogP contribution in [0.4, 0.5) is 5.82 Å². The quantitative estimate of drug-likeness (QED) is 0.704. The molecule has 1 aliphatic heterocycles. The van der Waals surface area contributed by atoms with Crippen LogP contribution in [0, 0.1) is 0 Å². The van der Waals surface area contributed by atoms with Crippen molar-refractivity contribution in [3.63, 3.8) is 0 Å². The predicted octanol–water partition coefficient (Wildman–Crippen LogP) is 2.27. The number of likely N-dealkylation sites (N-methyl/N-ethyl adjacent to an activating group) is 1. The fourth-order valence-electron chi connectivity index (χ4n) is 3.84. The Morgan fingerprint density at radius 1 is 1.12 bits per heavy atom. The molecular weight excluding hydrogens is 326 g/mol. The topological polar surface area (TPSA) is 63.0 Å². The highest BCUT2D eigenvalue weighted by atomic mass is 15.5. The van der Waals surface area contributed by atoms with Gasteiger partial charge in [-0.1, -0.05) is 35.5 Å². The monoisotopic (exact) mass is 349 g/mol. The molecule has 3 heterocycles. The maximum absolute atomic E-state index is 4.54. The third-order valence-corrected chi connectivity index (χ3v) is 5.50. The summed E-state index contributed by atoms with van der Waals surface area (Å²) < 4.78 is 1.97. The van der Waals surface area contributed by atoms with Crippen LogP contribution in [0.3, 0.4) is 0 Å². The third-order valence-electron chi connectivity index (χ3n) is 5.50. The molecule has 26 heavy (non-hydrogen) atoms. The van der Waals surface area contributed by atoms with Gasteiger partial charge in [-0.15, -0.1) is 5.10 Å². The summed E-state index contributed by atoms with van der Waals surface area (Å²) in [6, 6.07) is 11.6. The molecule has 1 aromatic carbocycles. The standard InChI is InChI=1S/C19H23N7/c1-24(11-14-5-3-2-4-6-14)16-9-10-25(12-16)18-17-19(21-13-20-18)26(23-22-17)15-7-8-15/h2-6,13,15-16H,7-12H2,1H3. The summed E-state index contributed by atoms with van der Waals surface area (Å²) in [6.45, 7) is 2.92. The zero-order valence-electron chi connectivity index (χ0n) is 15.0. The summed E-state index contributed by atoms with van der Waals surface area (Å²) in [5.41, 5.74) is 3.06. The van der Waals surface area contributed by atoms with E-state index in [0.717, 1.165) is 43.0 Å². The number of rotatable bonds is 5. The van der Waals surface area contributed by atoms with Crippen LogP contribution in [-0.4, -0.2) is 56.0 Å². The molecule has 1 aliphatic carbocycles. The number of nitrogens with zero attached hydrogens (tertiary/aromatic N) is 7. The molecule has 1 unspecified atom stereocenters. The van der Waals surface area contributed by atoms with Crippen molar-refractivity contribution in [1.82, 2.24) is 29.9 Å². The van der Waals surface area contributed by atoms with Gasteiger partial charge in [0.05, 0.1) is 6.04 Å². The minimum absolute atomic E-state index is 0.478.